The molecule has 1 aromatic rings. The van der Waals surface area contributed by atoms with Crippen LogP contribution in [-0.2, 0) is 29.7 Å². The van der Waals surface area contributed by atoms with Crippen LogP contribution in [0.3, 0.4) is 0 Å². The van der Waals surface area contributed by atoms with Gasteiger partial charge in [-0.15, -0.1) is 9.63 Å². The fourth-order valence-electron chi connectivity index (χ4n) is 0.900. The lowest BCUT2D eigenvalue weighted by Crippen LogP contribution is -1.85. The van der Waals surface area contributed by atoms with Crippen molar-refractivity contribution >= 4 is 35.4 Å². The summed E-state index contributed by atoms with van der Waals surface area (Å²) in [4.78, 5) is 0.935. The standard InChI is InChI=1S/C6H4N2S3/c9-11(10)6-4-2-1-3-5(6)7-8-11/h1-4H. The van der Waals surface area contributed by atoms with E-state index in [0.29, 0.717) is 0 Å². The van der Waals surface area contributed by atoms with E-state index in [1.807, 2.05) is 24.3 Å². The normalized spacial score (nSPS) is 18.2. The van der Waals surface area contributed by atoms with Crippen LogP contribution in [0.5, 0.6) is 0 Å². The summed E-state index contributed by atoms with van der Waals surface area (Å²) in [6.45, 7) is 0. The summed E-state index contributed by atoms with van der Waals surface area (Å²) in [5, 5.41) is 3.91. The molecule has 56 valence electrons. The van der Waals surface area contributed by atoms with Gasteiger partial charge in [-0.1, -0.05) is 12.1 Å². The average Bonchev–Trinajstić information content (AvgIpc) is 2.29. The topological polar surface area (TPSA) is 24.7 Å². The largest absolute Gasteiger partial charge is 0.142 e. The van der Waals surface area contributed by atoms with E-state index in [4.69, 9.17) is 22.4 Å². The van der Waals surface area contributed by atoms with Gasteiger partial charge < -0.3 is 0 Å². The van der Waals surface area contributed by atoms with Crippen LogP contribution in [0.2, 0.25) is 0 Å². The molecule has 0 bridgehead atoms. The Labute approximate surface area is 74.3 Å². The van der Waals surface area contributed by atoms with Gasteiger partial charge in [-0.25, -0.2) is 0 Å². The van der Waals surface area contributed by atoms with Gasteiger partial charge in [0.25, 0.3) is 0 Å². The van der Waals surface area contributed by atoms with Gasteiger partial charge in [-0.3, -0.25) is 0 Å². The summed E-state index contributed by atoms with van der Waals surface area (Å²) < 4.78 is 3.87. The molecule has 1 heterocycles. The molecular weight excluding hydrogens is 196 g/mol. The highest BCUT2D eigenvalue weighted by Gasteiger charge is 2.15. The minimum atomic E-state index is -1.78. The average molecular weight is 200 g/mol. The molecule has 0 atom stereocenters. The summed E-state index contributed by atoms with van der Waals surface area (Å²) in [5.41, 5.74) is 0.840. The van der Waals surface area contributed by atoms with Crippen LogP contribution in [0, 0.1) is 0 Å². The van der Waals surface area contributed by atoms with Crippen LogP contribution in [0.1, 0.15) is 0 Å². The molecule has 0 amide bonds. The second-order valence-corrected chi connectivity index (χ2v) is 7.21. The zero-order valence-corrected chi connectivity index (χ0v) is 7.88. The number of benzene rings is 1. The lowest BCUT2D eigenvalue weighted by atomic mass is 10.3. The summed E-state index contributed by atoms with van der Waals surface area (Å²) in [5.74, 6) is 0. The van der Waals surface area contributed by atoms with E-state index in [1.165, 1.54) is 0 Å². The Morgan fingerprint density at radius 1 is 1.18 bits per heavy atom. The van der Waals surface area contributed by atoms with Gasteiger partial charge in [0, 0.05) is 0 Å². The van der Waals surface area contributed by atoms with Gasteiger partial charge in [0.05, 0.1) is 12.2 Å². The second-order valence-electron chi connectivity index (χ2n) is 2.12. The van der Waals surface area contributed by atoms with Crippen LogP contribution < -0.4 is 0 Å². The van der Waals surface area contributed by atoms with Gasteiger partial charge >= 0.3 is 0 Å². The fourth-order valence-corrected chi connectivity index (χ4v) is 2.85. The molecule has 2 rings (SSSR count). The second kappa shape index (κ2) is 2.30. The summed E-state index contributed by atoms with van der Waals surface area (Å²) in [6.07, 6.45) is 0. The summed E-state index contributed by atoms with van der Waals surface area (Å²) in [6, 6.07) is 7.61. The zero-order chi connectivity index (χ0) is 7.90. The van der Waals surface area contributed by atoms with Crippen LogP contribution >= 0.6 is 0 Å². The van der Waals surface area contributed by atoms with Crippen molar-refractivity contribution < 1.29 is 0 Å². The first-order chi connectivity index (χ1) is 5.20. The maximum absolute atomic E-state index is 5.10. The molecule has 1 aliphatic heterocycles. The van der Waals surface area contributed by atoms with Crippen molar-refractivity contribution in [3.05, 3.63) is 24.3 Å². The predicted molar refractivity (Wildman–Crippen MR) is 51.3 cm³/mol. The van der Waals surface area contributed by atoms with Crippen molar-refractivity contribution in [2.75, 3.05) is 0 Å². The molecule has 0 fully saturated rings. The lowest BCUT2D eigenvalue weighted by molar-refractivity contribution is 1.33. The quantitative estimate of drug-likeness (QED) is 0.641. The van der Waals surface area contributed by atoms with E-state index in [1.54, 1.807) is 0 Å². The fraction of sp³-hybridized carbons (Fsp3) is 0. The molecule has 1 aromatic carbocycles. The van der Waals surface area contributed by atoms with Gasteiger partial charge in [0.2, 0.25) is 0 Å². The Morgan fingerprint density at radius 2 is 1.91 bits per heavy atom. The minimum Gasteiger partial charge on any atom is -0.142 e. The summed E-state index contributed by atoms with van der Waals surface area (Å²) >= 11 is 10.2. The van der Waals surface area contributed by atoms with Crippen molar-refractivity contribution in [1.82, 2.24) is 0 Å². The molecule has 0 saturated carbocycles. The smallest absolute Gasteiger partial charge is 0.102 e. The van der Waals surface area contributed by atoms with E-state index in [2.05, 4.69) is 9.63 Å². The zero-order valence-electron chi connectivity index (χ0n) is 5.43. The first-order valence-electron chi connectivity index (χ1n) is 2.97. The molecular formula is C6H4N2S3. The van der Waals surface area contributed by atoms with E-state index in [-0.39, 0.29) is 0 Å². The molecule has 11 heavy (non-hydrogen) atoms. The van der Waals surface area contributed by atoms with Gasteiger partial charge in [-0.2, -0.15) is 0 Å². The maximum atomic E-state index is 5.10. The monoisotopic (exact) mass is 200 g/mol. The van der Waals surface area contributed by atoms with Crippen LogP contribution in [0.25, 0.3) is 0 Å². The van der Waals surface area contributed by atoms with Gasteiger partial charge in [-0.05, 0) is 34.5 Å². The predicted octanol–water partition coefficient (Wildman–Crippen LogP) is 2.14. The number of hydrogen-bond acceptors (Lipinski definition) is 3. The van der Waals surface area contributed by atoms with Crippen molar-refractivity contribution in [2.24, 2.45) is 9.63 Å². The first kappa shape index (κ1) is 7.27. The minimum absolute atomic E-state index is 0.840. The van der Waals surface area contributed by atoms with Crippen molar-refractivity contribution in [3.8, 4) is 0 Å². The van der Waals surface area contributed by atoms with Crippen molar-refractivity contribution in [3.63, 3.8) is 0 Å². The maximum Gasteiger partial charge on any atom is 0.102 e. The third-order valence-corrected chi connectivity index (χ3v) is 4.07. The van der Waals surface area contributed by atoms with Crippen LogP contribution in [-0.4, -0.2) is 0 Å². The molecule has 0 N–H and O–H groups in total. The van der Waals surface area contributed by atoms with E-state index < -0.39 is 7.33 Å². The molecule has 2 nitrogen and oxygen atoms in total. The number of hydrogen-bond donors (Lipinski definition) is 0. The molecule has 0 radical (unpaired) electrons. The Hall–Kier alpha value is -0.390. The third-order valence-electron chi connectivity index (χ3n) is 1.40. The third kappa shape index (κ3) is 1.09. The lowest BCUT2D eigenvalue weighted by Gasteiger charge is -1.95. The van der Waals surface area contributed by atoms with Gasteiger partial charge in [0.1, 0.15) is 5.69 Å². The van der Waals surface area contributed by atoms with Crippen LogP contribution in [0.15, 0.2) is 38.8 Å². The van der Waals surface area contributed by atoms with Crippen molar-refractivity contribution in [1.29, 1.82) is 0 Å². The molecule has 0 saturated heterocycles. The first-order valence-corrected chi connectivity index (χ1v) is 6.41. The molecule has 5 heteroatoms. The molecule has 0 unspecified atom stereocenters. The van der Waals surface area contributed by atoms with E-state index in [9.17, 15) is 0 Å². The highest BCUT2D eigenvalue weighted by Crippen LogP contribution is 2.32. The number of nitrogens with zero attached hydrogens (tertiary/aromatic N) is 2. The molecule has 1 aliphatic rings. The highest BCUT2D eigenvalue weighted by atomic mass is 33.1. The molecule has 0 aromatic heterocycles. The van der Waals surface area contributed by atoms with Crippen LogP contribution in [0.4, 0.5) is 5.69 Å². The van der Waals surface area contributed by atoms with Crippen molar-refractivity contribution in [2.45, 2.75) is 4.90 Å². The molecule has 0 aliphatic carbocycles. The SMILES string of the molecule is S=S1(=S)N=Nc2ccccc21. The van der Waals surface area contributed by atoms with E-state index in [0.717, 1.165) is 10.6 Å². The van der Waals surface area contributed by atoms with Gasteiger partial charge in [0.15, 0.2) is 0 Å². The number of rotatable bonds is 0. The highest BCUT2D eigenvalue weighted by molar-refractivity contribution is 8.55. The molecule has 0 spiro atoms. The summed E-state index contributed by atoms with van der Waals surface area (Å²) in [7, 11) is -1.78. The number of fused-ring (bicyclic) bond motifs is 1. The Morgan fingerprint density at radius 3 is 2.64 bits per heavy atom. The Kier molecular flexibility index (Phi) is 1.52. The van der Waals surface area contributed by atoms with E-state index >= 15 is 0 Å². The Bertz CT molecular complexity index is 419. The Balaban J connectivity index is 2.84.